The van der Waals surface area contributed by atoms with Gasteiger partial charge in [0.2, 0.25) is 0 Å². The summed E-state index contributed by atoms with van der Waals surface area (Å²) in [4.78, 5) is 2.24. The molecule has 0 amide bonds. The first-order chi connectivity index (χ1) is 9.21. The molecule has 1 aromatic rings. The minimum absolute atomic E-state index is 0.0338. The van der Waals surface area contributed by atoms with Gasteiger partial charge in [-0.2, -0.15) is 5.10 Å². The van der Waals surface area contributed by atoms with Crippen LogP contribution >= 0.6 is 0 Å². The van der Waals surface area contributed by atoms with E-state index in [1.165, 1.54) is 12.7 Å². The minimum atomic E-state index is -3.39. The fraction of sp³-hybridized carbons (Fsp3) is 0.769. The van der Waals surface area contributed by atoms with E-state index in [-0.39, 0.29) is 16.8 Å². The molecular weight excluding hydrogens is 276 g/mol. The smallest absolute Gasteiger partial charge is 0.182 e. The first kappa shape index (κ1) is 15.2. The van der Waals surface area contributed by atoms with Crippen molar-refractivity contribution in [1.29, 1.82) is 0 Å². The molecule has 1 atom stereocenters. The lowest BCUT2D eigenvalue weighted by Crippen LogP contribution is -2.35. The Morgan fingerprint density at radius 3 is 2.55 bits per heavy atom. The van der Waals surface area contributed by atoms with E-state index in [1.807, 2.05) is 13.8 Å². The molecule has 1 unspecified atom stereocenters. The van der Waals surface area contributed by atoms with E-state index in [0.717, 1.165) is 19.5 Å². The molecule has 1 fully saturated rings. The highest BCUT2D eigenvalue weighted by molar-refractivity contribution is 7.91. The van der Waals surface area contributed by atoms with Gasteiger partial charge < -0.3 is 10.6 Å². The largest absolute Gasteiger partial charge is 0.383 e. The summed E-state index contributed by atoms with van der Waals surface area (Å²) in [6.07, 6.45) is 3.42. The standard InChI is InChI=1S/C13H24N4O2S/c1-9(2)17-12(14)11(20(4,18)19)13(15-17)16-7-5-6-10(3)8-16/h9-10H,5-8,14H2,1-4H3. The molecule has 1 aromatic heterocycles. The number of sulfone groups is 1. The second-order valence-corrected chi connectivity index (χ2v) is 7.99. The molecule has 7 heteroatoms. The fourth-order valence-electron chi connectivity index (χ4n) is 2.76. The topological polar surface area (TPSA) is 81.2 Å². The van der Waals surface area contributed by atoms with Gasteiger partial charge in [0.25, 0.3) is 0 Å². The quantitative estimate of drug-likeness (QED) is 0.918. The molecule has 1 aliphatic heterocycles. The van der Waals surface area contributed by atoms with Crippen molar-refractivity contribution >= 4 is 21.5 Å². The van der Waals surface area contributed by atoms with Crippen LogP contribution in [-0.2, 0) is 9.84 Å². The number of anilines is 2. The number of nitrogens with two attached hydrogens (primary N) is 1. The van der Waals surface area contributed by atoms with E-state index < -0.39 is 9.84 Å². The maximum Gasteiger partial charge on any atom is 0.182 e. The molecule has 114 valence electrons. The van der Waals surface area contributed by atoms with E-state index >= 15 is 0 Å². The minimum Gasteiger partial charge on any atom is -0.383 e. The van der Waals surface area contributed by atoms with Crippen LogP contribution in [0.15, 0.2) is 4.90 Å². The van der Waals surface area contributed by atoms with Gasteiger partial charge in [0.05, 0.1) is 0 Å². The molecule has 6 nitrogen and oxygen atoms in total. The highest BCUT2D eigenvalue weighted by atomic mass is 32.2. The maximum absolute atomic E-state index is 12.1. The molecule has 0 aromatic carbocycles. The van der Waals surface area contributed by atoms with Gasteiger partial charge in [-0.15, -0.1) is 0 Å². The third-order valence-corrected chi connectivity index (χ3v) is 4.83. The van der Waals surface area contributed by atoms with Gasteiger partial charge in [0.1, 0.15) is 5.82 Å². The molecule has 2 N–H and O–H groups in total. The predicted octanol–water partition coefficient (Wildman–Crippen LogP) is 1.69. The molecule has 0 radical (unpaired) electrons. The number of nitrogens with zero attached hydrogens (tertiary/aromatic N) is 3. The van der Waals surface area contributed by atoms with Gasteiger partial charge in [0.15, 0.2) is 20.6 Å². The Labute approximate surface area is 120 Å². The van der Waals surface area contributed by atoms with Crippen LogP contribution in [0, 0.1) is 5.92 Å². The predicted molar refractivity (Wildman–Crippen MR) is 80.7 cm³/mol. The molecule has 1 aliphatic rings. The van der Waals surface area contributed by atoms with Crippen LogP contribution in [0.2, 0.25) is 0 Å². The van der Waals surface area contributed by atoms with Crippen LogP contribution in [-0.4, -0.2) is 37.5 Å². The second-order valence-electron chi connectivity index (χ2n) is 6.04. The second kappa shape index (κ2) is 5.27. The molecule has 2 heterocycles. The van der Waals surface area contributed by atoms with Crippen molar-refractivity contribution in [2.75, 3.05) is 30.0 Å². The lowest BCUT2D eigenvalue weighted by molar-refractivity contribution is 0.440. The van der Waals surface area contributed by atoms with Crippen LogP contribution in [0.3, 0.4) is 0 Å². The van der Waals surface area contributed by atoms with Gasteiger partial charge in [-0.05, 0) is 32.6 Å². The zero-order valence-corrected chi connectivity index (χ0v) is 13.4. The zero-order valence-electron chi connectivity index (χ0n) is 12.6. The van der Waals surface area contributed by atoms with Crippen molar-refractivity contribution in [3.05, 3.63) is 0 Å². The highest BCUT2D eigenvalue weighted by Crippen LogP contribution is 2.34. The molecule has 0 aliphatic carbocycles. The van der Waals surface area contributed by atoms with E-state index in [2.05, 4.69) is 16.9 Å². The molecule has 2 rings (SSSR count). The number of nitrogen functional groups attached to an aromatic ring is 1. The highest BCUT2D eigenvalue weighted by Gasteiger charge is 2.30. The van der Waals surface area contributed by atoms with E-state index in [1.54, 1.807) is 4.68 Å². The summed E-state index contributed by atoms with van der Waals surface area (Å²) >= 11 is 0. The fourth-order valence-corrected chi connectivity index (χ4v) is 3.73. The van der Waals surface area contributed by atoms with Crippen molar-refractivity contribution in [1.82, 2.24) is 9.78 Å². The number of hydrogen-bond donors (Lipinski definition) is 1. The van der Waals surface area contributed by atoms with Crippen molar-refractivity contribution in [2.24, 2.45) is 5.92 Å². The van der Waals surface area contributed by atoms with Crippen LogP contribution in [0.5, 0.6) is 0 Å². The van der Waals surface area contributed by atoms with Gasteiger partial charge >= 0.3 is 0 Å². The first-order valence-electron chi connectivity index (χ1n) is 7.04. The first-order valence-corrected chi connectivity index (χ1v) is 8.94. The van der Waals surface area contributed by atoms with Gasteiger partial charge in [0, 0.05) is 25.4 Å². The van der Waals surface area contributed by atoms with Crippen LogP contribution < -0.4 is 10.6 Å². The molecular formula is C13H24N4O2S. The Kier molecular flexibility index (Phi) is 4.00. The Bertz CT molecular complexity index is 592. The Morgan fingerprint density at radius 2 is 2.05 bits per heavy atom. The number of rotatable bonds is 3. The van der Waals surface area contributed by atoms with Gasteiger partial charge in [-0.3, -0.25) is 0 Å². The van der Waals surface area contributed by atoms with E-state index in [9.17, 15) is 8.42 Å². The Morgan fingerprint density at radius 1 is 1.40 bits per heavy atom. The summed E-state index contributed by atoms with van der Waals surface area (Å²) in [7, 11) is -3.39. The summed E-state index contributed by atoms with van der Waals surface area (Å²) in [5.74, 6) is 1.31. The average molecular weight is 300 g/mol. The molecule has 20 heavy (non-hydrogen) atoms. The Balaban J connectivity index is 2.54. The number of piperidine rings is 1. The average Bonchev–Trinajstić information content (AvgIpc) is 2.66. The zero-order chi connectivity index (χ0) is 15.1. The maximum atomic E-state index is 12.1. The molecule has 0 spiro atoms. The molecule has 0 saturated carbocycles. The SMILES string of the molecule is CC1CCCN(c2nn(C(C)C)c(N)c2S(C)(=O)=O)C1. The van der Waals surface area contributed by atoms with Crippen molar-refractivity contribution in [3.8, 4) is 0 Å². The normalized spacial score (nSPS) is 20.6. The van der Waals surface area contributed by atoms with Gasteiger partial charge in [-0.25, -0.2) is 13.1 Å². The van der Waals surface area contributed by atoms with Crippen LogP contribution in [0.1, 0.15) is 39.7 Å². The summed E-state index contributed by atoms with van der Waals surface area (Å²) in [6, 6.07) is 0.0338. The summed E-state index contributed by atoms with van der Waals surface area (Å²) in [5, 5.41) is 4.47. The third-order valence-electron chi connectivity index (χ3n) is 3.70. The van der Waals surface area contributed by atoms with Gasteiger partial charge in [-0.1, -0.05) is 6.92 Å². The third kappa shape index (κ3) is 2.77. The monoisotopic (exact) mass is 300 g/mol. The van der Waals surface area contributed by atoms with E-state index in [4.69, 9.17) is 5.73 Å². The molecule has 1 saturated heterocycles. The van der Waals surface area contributed by atoms with Crippen LogP contribution in [0.4, 0.5) is 11.6 Å². The molecule has 0 bridgehead atoms. The van der Waals surface area contributed by atoms with E-state index in [0.29, 0.717) is 11.7 Å². The van der Waals surface area contributed by atoms with Crippen LogP contribution in [0.25, 0.3) is 0 Å². The summed E-state index contributed by atoms with van der Waals surface area (Å²) in [6.45, 7) is 7.73. The van der Waals surface area contributed by atoms with Crippen molar-refractivity contribution in [3.63, 3.8) is 0 Å². The lowest BCUT2D eigenvalue weighted by atomic mass is 10.0. The summed E-state index contributed by atoms with van der Waals surface area (Å²) in [5.41, 5.74) is 6.03. The lowest BCUT2D eigenvalue weighted by Gasteiger charge is -2.31. The summed E-state index contributed by atoms with van der Waals surface area (Å²) < 4.78 is 25.8. The Hall–Kier alpha value is -1.24. The van der Waals surface area contributed by atoms with Crippen molar-refractivity contribution in [2.45, 2.75) is 44.6 Å². The number of hydrogen-bond acceptors (Lipinski definition) is 5. The number of aromatic nitrogens is 2. The van der Waals surface area contributed by atoms with Crippen molar-refractivity contribution < 1.29 is 8.42 Å².